The maximum atomic E-state index is 5.94. The Hall–Kier alpha value is -1.09. The highest BCUT2D eigenvalue weighted by Gasteiger charge is 2.11. The molecule has 1 rings (SSSR count). The molecule has 1 aromatic rings. The van der Waals surface area contributed by atoms with E-state index in [1.165, 1.54) is 0 Å². The molecule has 3 heteroatoms. The Morgan fingerprint density at radius 1 is 1.22 bits per heavy atom. The molecule has 0 saturated carbocycles. The van der Waals surface area contributed by atoms with Crippen molar-refractivity contribution in [1.29, 1.82) is 0 Å². The maximum Gasteiger partial charge on any atom is 0.218 e. The van der Waals surface area contributed by atoms with Crippen molar-refractivity contribution in [2.24, 2.45) is 5.92 Å². The zero-order chi connectivity index (χ0) is 13.5. The average molecular weight is 250 g/mol. The minimum Gasteiger partial charge on any atom is -0.474 e. The summed E-state index contributed by atoms with van der Waals surface area (Å²) in [6.45, 7) is 11.6. The van der Waals surface area contributed by atoms with Gasteiger partial charge < -0.3 is 10.1 Å². The van der Waals surface area contributed by atoms with E-state index >= 15 is 0 Å². The van der Waals surface area contributed by atoms with E-state index in [1.807, 2.05) is 6.07 Å². The van der Waals surface area contributed by atoms with E-state index in [2.05, 4.69) is 51.0 Å². The fourth-order valence-electron chi connectivity index (χ4n) is 1.88. The van der Waals surface area contributed by atoms with Crippen LogP contribution in [0.25, 0.3) is 0 Å². The Kier molecular flexibility index (Phi) is 6.13. The van der Waals surface area contributed by atoms with Gasteiger partial charge in [0.1, 0.15) is 0 Å². The lowest BCUT2D eigenvalue weighted by molar-refractivity contribution is 0.183. The van der Waals surface area contributed by atoms with Gasteiger partial charge in [0, 0.05) is 24.3 Å². The number of hydrogen-bond donors (Lipinski definition) is 1. The second-order valence-corrected chi connectivity index (χ2v) is 5.56. The molecule has 0 fully saturated rings. The fourth-order valence-corrected chi connectivity index (χ4v) is 1.88. The summed E-state index contributed by atoms with van der Waals surface area (Å²) in [5, 5.41) is 3.40. The van der Waals surface area contributed by atoms with Gasteiger partial charge in [0.05, 0.1) is 6.10 Å². The molecule has 18 heavy (non-hydrogen) atoms. The Morgan fingerprint density at radius 2 is 1.94 bits per heavy atom. The van der Waals surface area contributed by atoms with Crippen molar-refractivity contribution in [3.05, 3.63) is 23.9 Å². The topological polar surface area (TPSA) is 34.1 Å². The number of ether oxygens (including phenoxy) is 1. The first kappa shape index (κ1) is 15.0. The third-order valence-corrected chi connectivity index (χ3v) is 2.67. The van der Waals surface area contributed by atoms with Gasteiger partial charge in [-0.25, -0.2) is 4.98 Å². The molecule has 0 aromatic carbocycles. The first-order valence-corrected chi connectivity index (χ1v) is 6.83. The summed E-state index contributed by atoms with van der Waals surface area (Å²) < 4.78 is 5.94. The van der Waals surface area contributed by atoms with Crippen LogP contribution in [0.3, 0.4) is 0 Å². The molecule has 1 heterocycles. The lowest BCUT2D eigenvalue weighted by Crippen LogP contribution is -2.23. The van der Waals surface area contributed by atoms with Crippen LogP contribution in [-0.4, -0.2) is 17.1 Å². The predicted molar refractivity (Wildman–Crippen MR) is 75.8 cm³/mol. The SMILES string of the molecule is CC(C)CC(C)Oc1ncccc1CNC(C)C. The van der Waals surface area contributed by atoms with Crippen LogP contribution in [0.15, 0.2) is 18.3 Å². The number of rotatable bonds is 7. The van der Waals surface area contributed by atoms with Crippen LogP contribution in [0.1, 0.15) is 46.6 Å². The lowest BCUT2D eigenvalue weighted by Gasteiger charge is -2.18. The minimum absolute atomic E-state index is 0.206. The summed E-state index contributed by atoms with van der Waals surface area (Å²) in [7, 11) is 0. The highest BCUT2D eigenvalue weighted by molar-refractivity contribution is 5.25. The molecule has 1 N–H and O–H groups in total. The van der Waals surface area contributed by atoms with E-state index in [9.17, 15) is 0 Å². The van der Waals surface area contributed by atoms with Gasteiger partial charge >= 0.3 is 0 Å². The standard InChI is InChI=1S/C15H26N2O/c1-11(2)9-13(5)18-15-14(7-6-8-16-15)10-17-12(3)4/h6-8,11-13,17H,9-10H2,1-5H3. The van der Waals surface area contributed by atoms with Crippen LogP contribution in [0.2, 0.25) is 0 Å². The van der Waals surface area contributed by atoms with Gasteiger partial charge in [0.25, 0.3) is 0 Å². The summed E-state index contributed by atoms with van der Waals surface area (Å²) in [6.07, 6.45) is 3.04. The number of aromatic nitrogens is 1. The second kappa shape index (κ2) is 7.37. The van der Waals surface area contributed by atoms with Crippen molar-refractivity contribution in [3.8, 4) is 5.88 Å². The predicted octanol–water partition coefficient (Wildman–Crippen LogP) is 3.39. The average Bonchev–Trinajstić information content (AvgIpc) is 2.26. The van der Waals surface area contributed by atoms with Gasteiger partial charge in [0.15, 0.2) is 0 Å². The van der Waals surface area contributed by atoms with Crippen LogP contribution in [0.4, 0.5) is 0 Å². The smallest absolute Gasteiger partial charge is 0.218 e. The van der Waals surface area contributed by atoms with Gasteiger partial charge in [-0.15, -0.1) is 0 Å². The molecule has 3 nitrogen and oxygen atoms in total. The first-order chi connectivity index (χ1) is 8.49. The van der Waals surface area contributed by atoms with E-state index in [4.69, 9.17) is 4.74 Å². The van der Waals surface area contributed by atoms with E-state index in [0.717, 1.165) is 24.4 Å². The fraction of sp³-hybridized carbons (Fsp3) is 0.667. The summed E-state index contributed by atoms with van der Waals surface area (Å²) in [5.41, 5.74) is 1.13. The number of nitrogens with zero attached hydrogens (tertiary/aromatic N) is 1. The van der Waals surface area contributed by atoms with Crippen LogP contribution in [0, 0.1) is 5.92 Å². The second-order valence-electron chi connectivity index (χ2n) is 5.56. The van der Waals surface area contributed by atoms with Gasteiger partial charge in [-0.1, -0.05) is 33.8 Å². The number of nitrogens with one attached hydrogen (secondary N) is 1. The summed E-state index contributed by atoms with van der Waals surface area (Å²) in [4.78, 5) is 4.34. The van der Waals surface area contributed by atoms with E-state index in [-0.39, 0.29) is 6.10 Å². The lowest BCUT2D eigenvalue weighted by atomic mass is 10.1. The van der Waals surface area contributed by atoms with Gasteiger partial charge in [0.2, 0.25) is 5.88 Å². The third-order valence-electron chi connectivity index (χ3n) is 2.67. The van der Waals surface area contributed by atoms with E-state index in [1.54, 1.807) is 6.20 Å². The van der Waals surface area contributed by atoms with Gasteiger partial charge in [-0.2, -0.15) is 0 Å². The highest BCUT2D eigenvalue weighted by atomic mass is 16.5. The molecule has 0 saturated heterocycles. The molecular formula is C15H26N2O. The van der Waals surface area contributed by atoms with Gasteiger partial charge in [-0.05, 0) is 25.3 Å². The maximum absolute atomic E-state index is 5.94. The van der Waals surface area contributed by atoms with Crippen LogP contribution >= 0.6 is 0 Å². The largest absolute Gasteiger partial charge is 0.474 e. The van der Waals surface area contributed by atoms with E-state index < -0.39 is 0 Å². The zero-order valence-electron chi connectivity index (χ0n) is 12.2. The monoisotopic (exact) mass is 250 g/mol. The molecule has 1 unspecified atom stereocenters. The Balaban J connectivity index is 2.63. The Morgan fingerprint density at radius 3 is 2.56 bits per heavy atom. The molecule has 1 aromatic heterocycles. The summed E-state index contributed by atoms with van der Waals surface area (Å²) >= 11 is 0. The quantitative estimate of drug-likeness (QED) is 0.805. The Bertz CT molecular complexity index is 350. The molecule has 0 radical (unpaired) electrons. The van der Waals surface area contributed by atoms with Crippen molar-refractivity contribution in [3.63, 3.8) is 0 Å². The van der Waals surface area contributed by atoms with Crippen molar-refractivity contribution in [2.75, 3.05) is 0 Å². The van der Waals surface area contributed by atoms with E-state index in [0.29, 0.717) is 12.0 Å². The van der Waals surface area contributed by atoms with Crippen LogP contribution in [-0.2, 0) is 6.54 Å². The van der Waals surface area contributed by atoms with Crippen molar-refractivity contribution >= 4 is 0 Å². The Labute approximate surface area is 111 Å². The van der Waals surface area contributed by atoms with Crippen molar-refractivity contribution in [1.82, 2.24) is 10.3 Å². The number of hydrogen-bond acceptors (Lipinski definition) is 3. The summed E-state index contributed by atoms with van der Waals surface area (Å²) in [6, 6.07) is 4.49. The third kappa shape index (κ3) is 5.50. The molecule has 0 aliphatic rings. The summed E-state index contributed by atoms with van der Waals surface area (Å²) in [5.74, 6) is 1.40. The molecule has 0 amide bonds. The molecular weight excluding hydrogens is 224 g/mol. The molecule has 0 aliphatic carbocycles. The highest BCUT2D eigenvalue weighted by Crippen LogP contribution is 2.18. The van der Waals surface area contributed by atoms with Crippen LogP contribution < -0.4 is 10.1 Å². The van der Waals surface area contributed by atoms with Crippen molar-refractivity contribution < 1.29 is 4.74 Å². The van der Waals surface area contributed by atoms with Crippen molar-refractivity contribution in [2.45, 2.75) is 59.7 Å². The van der Waals surface area contributed by atoms with Gasteiger partial charge in [-0.3, -0.25) is 0 Å². The normalized spacial score (nSPS) is 13.1. The zero-order valence-corrected chi connectivity index (χ0v) is 12.2. The molecule has 1 atom stereocenters. The first-order valence-electron chi connectivity index (χ1n) is 6.83. The molecule has 0 spiro atoms. The van der Waals surface area contributed by atoms with Crippen LogP contribution in [0.5, 0.6) is 5.88 Å². The molecule has 102 valence electrons. The molecule has 0 bridgehead atoms. The minimum atomic E-state index is 0.206. The number of pyridine rings is 1. The molecule has 0 aliphatic heterocycles.